The molecule has 1 aliphatic carbocycles. The van der Waals surface area contributed by atoms with Gasteiger partial charge in [-0.2, -0.15) is 0 Å². The van der Waals surface area contributed by atoms with Gasteiger partial charge in [-0.15, -0.1) is 0 Å². The van der Waals surface area contributed by atoms with Crippen molar-refractivity contribution in [2.45, 2.75) is 45.1 Å². The monoisotopic (exact) mass is 207 g/mol. The molecule has 1 saturated heterocycles. The first-order valence-electron chi connectivity index (χ1n) is 6.24. The van der Waals surface area contributed by atoms with Crippen molar-refractivity contribution >= 4 is 5.78 Å². The van der Waals surface area contributed by atoms with Crippen LogP contribution in [0.5, 0.6) is 0 Å². The first kappa shape index (κ1) is 10.9. The number of Topliss-reactive ketones (excluding diaryl/α,β-unsaturated/α-hetero) is 1. The van der Waals surface area contributed by atoms with E-state index >= 15 is 0 Å². The lowest BCUT2D eigenvalue weighted by Crippen LogP contribution is -2.45. The fraction of sp³-hybridized carbons (Fsp3) is 0.769. The molecule has 84 valence electrons. The zero-order valence-electron chi connectivity index (χ0n) is 9.61. The van der Waals surface area contributed by atoms with Crippen molar-refractivity contribution in [3.05, 3.63) is 12.2 Å². The van der Waals surface area contributed by atoms with Gasteiger partial charge in [-0.05, 0) is 25.7 Å². The molecular weight excluding hydrogens is 186 g/mol. The first-order chi connectivity index (χ1) is 7.31. The molecule has 0 N–H and O–H groups in total. The average molecular weight is 207 g/mol. The van der Waals surface area contributed by atoms with Gasteiger partial charge in [0, 0.05) is 31.5 Å². The van der Waals surface area contributed by atoms with Gasteiger partial charge in [-0.1, -0.05) is 19.1 Å². The lowest BCUT2D eigenvalue weighted by molar-refractivity contribution is -0.126. The summed E-state index contributed by atoms with van der Waals surface area (Å²) in [5.74, 6) is 0.780. The van der Waals surface area contributed by atoms with Crippen LogP contribution in [0.25, 0.3) is 0 Å². The second-order valence-electron chi connectivity index (χ2n) is 4.74. The maximum atomic E-state index is 11.6. The highest BCUT2D eigenvalue weighted by molar-refractivity contribution is 5.82. The third-order valence-electron chi connectivity index (χ3n) is 3.75. The molecule has 0 aromatic rings. The molecular formula is C13H21NO. The van der Waals surface area contributed by atoms with Crippen LogP contribution in [-0.2, 0) is 4.79 Å². The van der Waals surface area contributed by atoms with Gasteiger partial charge in [0.1, 0.15) is 5.78 Å². The van der Waals surface area contributed by atoms with Crippen molar-refractivity contribution in [2.75, 3.05) is 13.1 Å². The van der Waals surface area contributed by atoms with Crippen LogP contribution in [0, 0.1) is 5.92 Å². The van der Waals surface area contributed by atoms with Gasteiger partial charge < -0.3 is 0 Å². The van der Waals surface area contributed by atoms with E-state index in [2.05, 4.69) is 24.0 Å². The summed E-state index contributed by atoms with van der Waals surface area (Å²) in [6.45, 7) is 4.09. The fourth-order valence-corrected chi connectivity index (χ4v) is 2.69. The minimum Gasteiger partial charge on any atom is -0.299 e. The van der Waals surface area contributed by atoms with Crippen LogP contribution >= 0.6 is 0 Å². The van der Waals surface area contributed by atoms with Crippen LogP contribution in [0.1, 0.15) is 39.0 Å². The molecule has 2 unspecified atom stereocenters. The van der Waals surface area contributed by atoms with Crippen LogP contribution in [0.15, 0.2) is 12.2 Å². The summed E-state index contributed by atoms with van der Waals surface area (Å²) in [6, 6.07) is 0.612. The van der Waals surface area contributed by atoms with E-state index in [4.69, 9.17) is 0 Å². The molecule has 0 radical (unpaired) electrons. The summed E-state index contributed by atoms with van der Waals surface area (Å²) in [5.41, 5.74) is 0. The Hall–Kier alpha value is -0.630. The average Bonchev–Trinajstić information content (AvgIpc) is 2.31. The fourth-order valence-electron chi connectivity index (χ4n) is 2.69. The number of carbonyl (C=O) groups is 1. The lowest BCUT2D eigenvalue weighted by Gasteiger charge is -2.37. The number of likely N-dealkylation sites (tertiary alicyclic amines) is 1. The Morgan fingerprint density at radius 3 is 3.07 bits per heavy atom. The number of nitrogens with zero attached hydrogens (tertiary/aromatic N) is 1. The molecule has 0 amide bonds. The van der Waals surface area contributed by atoms with Crippen molar-refractivity contribution in [3.63, 3.8) is 0 Å². The molecule has 2 nitrogen and oxygen atoms in total. The van der Waals surface area contributed by atoms with E-state index < -0.39 is 0 Å². The molecule has 2 rings (SSSR count). The van der Waals surface area contributed by atoms with E-state index in [0.717, 1.165) is 25.9 Å². The molecule has 1 aliphatic heterocycles. The second kappa shape index (κ2) is 4.93. The third kappa shape index (κ3) is 2.49. The standard InChI is InChI=1S/C13H21NO/c1-2-11-10-14(9-8-13(11)15)12-6-4-3-5-7-12/h4,6,11-12H,2-3,5,7-10H2,1H3. The van der Waals surface area contributed by atoms with Gasteiger partial charge in [0.15, 0.2) is 0 Å². The van der Waals surface area contributed by atoms with Gasteiger partial charge in [-0.3, -0.25) is 9.69 Å². The van der Waals surface area contributed by atoms with Crippen molar-refractivity contribution in [3.8, 4) is 0 Å². The number of hydrogen-bond acceptors (Lipinski definition) is 2. The van der Waals surface area contributed by atoms with E-state index in [1.165, 1.54) is 19.3 Å². The van der Waals surface area contributed by atoms with Gasteiger partial charge >= 0.3 is 0 Å². The Morgan fingerprint density at radius 2 is 2.40 bits per heavy atom. The highest BCUT2D eigenvalue weighted by Crippen LogP contribution is 2.23. The molecule has 2 atom stereocenters. The number of piperidine rings is 1. The predicted octanol–water partition coefficient (Wildman–Crippen LogP) is 2.40. The zero-order chi connectivity index (χ0) is 10.7. The SMILES string of the molecule is CCC1CN(C2C=CCCC2)CCC1=O. The molecule has 0 spiro atoms. The van der Waals surface area contributed by atoms with E-state index in [0.29, 0.717) is 17.7 Å². The van der Waals surface area contributed by atoms with Crippen LogP contribution in [0.3, 0.4) is 0 Å². The van der Waals surface area contributed by atoms with Crippen molar-refractivity contribution in [1.29, 1.82) is 0 Å². The normalized spacial score (nSPS) is 33.3. The van der Waals surface area contributed by atoms with Crippen LogP contribution in [0.4, 0.5) is 0 Å². The van der Waals surface area contributed by atoms with Crippen LogP contribution in [-0.4, -0.2) is 29.8 Å². The Balaban J connectivity index is 1.95. The number of carbonyl (C=O) groups excluding carboxylic acids is 1. The topological polar surface area (TPSA) is 20.3 Å². The van der Waals surface area contributed by atoms with Gasteiger partial charge in [0.05, 0.1) is 0 Å². The first-order valence-corrected chi connectivity index (χ1v) is 6.24. The maximum Gasteiger partial charge on any atom is 0.138 e. The van der Waals surface area contributed by atoms with Crippen LogP contribution < -0.4 is 0 Å². The third-order valence-corrected chi connectivity index (χ3v) is 3.75. The minimum absolute atomic E-state index is 0.300. The zero-order valence-corrected chi connectivity index (χ0v) is 9.61. The quantitative estimate of drug-likeness (QED) is 0.648. The van der Waals surface area contributed by atoms with Crippen molar-refractivity contribution < 1.29 is 4.79 Å². The van der Waals surface area contributed by atoms with Gasteiger partial charge in [0.2, 0.25) is 0 Å². The number of rotatable bonds is 2. The number of ketones is 1. The molecule has 0 bridgehead atoms. The Kier molecular flexibility index (Phi) is 3.57. The summed E-state index contributed by atoms with van der Waals surface area (Å²) in [6.07, 6.45) is 10.2. The molecule has 2 heteroatoms. The predicted molar refractivity (Wildman–Crippen MR) is 61.8 cm³/mol. The van der Waals surface area contributed by atoms with Gasteiger partial charge in [-0.25, -0.2) is 0 Å². The number of allylic oxidation sites excluding steroid dienone is 1. The molecule has 15 heavy (non-hydrogen) atoms. The summed E-state index contributed by atoms with van der Waals surface area (Å²) >= 11 is 0. The van der Waals surface area contributed by atoms with E-state index in [1.807, 2.05) is 0 Å². The van der Waals surface area contributed by atoms with Gasteiger partial charge in [0.25, 0.3) is 0 Å². The van der Waals surface area contributed by atoms with Crippen molar-refractivity contribution in [1.82, 2.24) is 4.90 Å². The van der Waals surface area contributed by atoms with E-state index in [-0.39, 0.29) is 0 Å². The lowest BCUT2D eigenvalue weighted by atomic mass is 9.91. The van der Waals surface area contributed by atoms with E-state index in [1.54, 1.807) is 0 Å². The minimum atomic E-state index is 0.300. The Labute approximate surface area is 92.3 Å². The largest absolute Gasteiger partial charge is 0.299 e. The molecule has 1 heterocycles. The maximum absolute atomic E-state index is 11.6. The Morgan fingerprint density at radius 1 is 1.53 bits per heavy atom. The molecule has 0 aromatic heterocycles. The summed E-state index contributed by atoms with van der Waals surface area (Å²) < 4.78 is 0. The second-order valence-corrected chi connectivity index (χ2v) is 4.74. The highest BCUT2D eigenvalue weighted by atomic mass is 16.1. The molecule has 0 saturated carbocycles. The number of hydrogen-bond donors (Lipinski definition) is 0. The highest BCUT2D eigenvalue weighted by Gasteiger charge is 2.29. The van der Waals surface area contributed by atoms with Crippen LogP contribution in [0.2, 0.25) is 0 Å². The summed E-state index contributed by atoms with van der Waals surface area (Å²) in [7, 11) is 0. The molecule has 1 fully saturated rings. The Bertz CT molecular complexity index is 259. The molecule has 2 aliphatic rings. The molecule has 0 aromatic carbocycles. The smallest absolute Gasteiger partial charge is 0.138 e. The van der Waals surface area contributed by atoms with E-state index in [9.17, 15) is 4.79 Å². The van der Waals surface area contributed by atoms with Crippen molar-refractivity contribution in [2.24, 2.45) is 5.92 Å². The summed E-state index contributed by atoms with van der Waals surface area (Å²) in [4.78, 5) is 14.1. The summed E-state index contributed by atoms with van der Waals surface area (Å²) in [5, 5.41) is 0.